The van der Waals surface area contributed by atoms with Crippen molar-refractivity contribution in [3.63, 3.8) is 0 Å². The third-order valence-corrected chi connectivity index (χ3v) is 2.32. The highest BCUT2D eigenvalue weighted by Gasteiger charge is 2.31. The number of carbonyl (C=O) groups is 1. The van der Waals surface area contributed by atoms with Crippen LogP contribution in [-0.2, 0) is 9.53 Å². The molecule has 0 aliphatic carbocycles. The van der Waals surface area contributed by atoms with Gasteiger partial charge in [-0.25, -0.2) is 4.39 Å². The van der Waals surface area contributed by atoms with Crippen molar-refractivity contribution in [2.45, 2.75) is 13.3 Å². The van der Waals surface area contributed by atoms with Crippen molar-refractivity contribution >= 4 is 5.97 Å². The van der Waals surface area contributed by atoms with E-state index < -0.39 is 17.7 Å². The van der Waals surface area contributed by atoms with Gasteiger partial charge in [-0.1, -0.05) is 6.92 Å². The van der Waals surface area contributed by atoms with E-state index in [0.29, 0.717) is 0 Å². The van der Waals surface area contributed by atoms with Crippen molar-refractivity contribution in [1.82, 2.24) is 5.32 Å². The summed E-state index contributed by atoms with van der Waals surface area (Å²) in [7, 11) is 0. The number of hydrogen-bond acceptors (Lipinski definition) is 3. The van der Waals surface area contributed by atoms with Gasteiger partial charge in [-0.3, -0.25) is 4.79 Å². The van der Waals surface area contributed by atoms with Gasteiger partial charge in [-0.15, -0.1) is 0 Å². The maximum absolute atomic E-state index is 13.5. The van der Waals surface area contributed by atoms with E-state index in [2.05, 4.69) is 5.32 Å². The molecule has 15 heavy (non-hydrogen) atoms. The number of hydrogen-bond donors (Lipinski definition) is 2. The van der Waals surface area contributed by atoms with E-state index in [1.165, 1.54) is 0 Å². The molecule has 4 nitrogen and oxygen atoms in total. The second kappa shape index (κ2) is 5.82. The standard InChI is InChI=1S/C10H16FNO3/c1-2-3-12-4-9(11)7-5-15-6-8(7)10(13)14/h8,12H,2-6H2,1H3,(H,13,14). The van der Waals surface area contributed by atoms with Crippen LogP contribution in [0, 0.1) is 5.92 Å². The molecule has 0 aromatic rings. The zero-order chi connectivity index (χ0) is 11.3. The number of carboxylic acids is 1. The Morgan fingerprint density at radius 1 is 1.73 bits per heavy atom. The van der Waals surface area contributed by atoms with E-state index in [4.69, 9.17) is 9.84 Å². The summed E-state index contributed by atoms with van der Waals surface area (Å²) < 4.78 is 18.5. The Kier molecular flexibility index (Phi) is 4.71. The second-order valence-corrected chi connectivity index (χ2v) is 3.51. The van der Waals surface area contributed by atoms with Gasteiger partial charge in [0, 0.05) is 12.1 Å². The summed E-state index contributed by atoms with van der Waals surface area (Å²) in [5.74, 6) is -2.23. The van der Waals surface area contributed by atoms with Crippen molar-refractivity contribution in [2.24, 2.45) is 5.92 Å². The number of carboxylic acid groups (broad SMARTS) is 1. The van der Waals surface area contributed by atoms with Crippen LogP contribution in [0.25, 0.3) is 0 Å². The fourth-order valence-corrected chi connectivity index (χ4v) is 1.46. The lowest BCUT2D eigenvalue weighted by Crippen LogP contribution is -2.21. The zero-order valence-corrected chi connectivity index (χ0v) is 8.75. The molecule has 1 saturated heterocycles. The van der Waals surface area contributed by atoms with Crippen LogP contribution in [-0.4, -0.2) is 37.4 Å². The summed E-state index contributed by atoms with van der Waals surface area (Å²) in [6.45, 7) is 2.97. The Balaban J connectivity index is 2.57. The molecule has 1 aliphatic rings. The third-order valence-electron chi connectivity index (χ3n) is 2.32. The molecule has 0 radical (unpaired) electrons. The van der Waals surface area contributed by atoms with Gasteiger partial charge in [0.05, 0.1) is 13.2 Å². The fourth-order valence-electron chi connectivity index (χ4n) is 1.46. The molecule has 0 aromatic heterocycles. The van der Waals surface area contributed by atoms with Crippen LogP contribution in [0.4, 0.5) is 4.39 Å². The first-order valence-electron chi connectivity index (χ1n) is 5.05. The van der Waals surface area contributed by atoms with Gasteiger partial charge < -0.3 is 15.2 Å². The van der Waals surface area contributed by atoms with Crippen molar-refractivity contribution in [3.05, 3.63) is 11.4 Å². The molecule has 0 amide bonds. The second-order valence-electron chi connectivity index (χ2n) is 3.51. The quantitative estimate of drug-likeness (QED) is 0.673. The summed E-state index contributed by atoms with van der Waals surface area (Å²) in [6.07, 6.45) is 0.918. The van der Waals surface area contributed by atoms with Gasteiger partial charge in [0.2, 0.25) is 0 Å². The first kappa shape index (κ1) is 12.1. The summed E-state index contributed by atoms with van der Waals surface area (Å²) in [6, 6.07) is 0. The lowest BCUT2D eigenvalue weighted by atomic mass is 10.0. The Hall–Kier alpha value is -0.940. The molecule has 1 rings (SSSR count). The highest BCUT2D eigenvalue weighted by Crippen LogP contribution is 2.23. The minimum Gasteiger partial charge on any atom is -0.481 e. The molecule has 1 heterocycles. The summed E-state index contributed by atoms with van der Waals surface area (Å²) >= 11 is 0. The van der Waals surface area contributed by atoms with E-state index in [1.54, 1.807) is 0 Å². The van der Waals surface area contributed by atoms with Crippen LogP contribution in [0.15, 0.2) is 11.4 Å². The van der Waals surface area contributed by atoms with E-state index in [-0.39, 0.29) is 25.3 Å². The van der Waals surface area contributed by atoms with Crippen LogP contribution in [0.3, 0.4) is 0 Å². The maximum Gasteiger partial charge on any atom is 0.313 e. The molecule has 1 fully saturated rings. The minimum atomic E-state index is -1.02. The topological polar surface area (TPSA) is 58.6 Å². The van der Waals surface area contributed by atoms with Crippen LogP contribution in [0.5, 0.6) is 0 Å². The zero-order valence-electron chi connectivity index (χ0n) is 8.75. The molecule has 1 atom stereocenters. The number of ether oxygens (including phenoxy) is 1. The minimum absolute atomic E-state index is 0.0753. The highest BCUT2D eigenvalue weighted by molar-refractivity contribution is 5.74. The lowest BCUT2D eigenvalue weighted by molar-refractivity contribution is -0.140. The van der Waals surface area contributed by atoms with Crippen molar-refractivity contribution in [2.75, 3.05) is 26.3 Å². The van der Waals surface area contributed by atoms with Gasteiger partial charge in [0.15, 0.2) is 0 Å². The Morgan fingerprint density at radius 2 is 2.47 bits per heavy atom. The van der Waals surface area contributed by atoms with Crippen molar-refractivity contribution in [3.8, 4) is 0 Å². The summed E-state index contributed by atoms with van der Waals surface area (Å²) in [4.78, 5) is 10.7. The molecule has 0 spiro atoms. The molecule has 0 saturated carbocycles. The predicted octanol–water partition coefficient (Wildman–Crippen LogP) is 0.941. The summed E-state index contributed by atoms with van der Waals surface area (Å²) in [5, 5.41) is 11.7. The number of aliphatic carboxylic acids is 1. The van der Waals surface area contributed by atoms with Gasteiger partial charge >= 0.3 is 5.97 Å². The van der Waals surface area contributed by atoms with Gasteiger partial charge in [0.25, 0.3) is 0 Å². The van der Waals surface area contributed by atoms with Crippen LogP contribution in [0.1, 0.15) is 13.3 Å². The fraction of sp³-hybridized carbons (Fsp3) is 0.700. The van der Waals surface area contributed by atoms with E-state index in [0.717, 1.165) is 13.0 Å². The molecule has 0 aromatic carbocycles. The monoisotopic (exact) mass is 217 g/mol. The first-order valence-corrected chi connectivity index (χ1v) is 5.05. The van der Waals surface area contributed by atoms with Crippen LogP contribution >= 0.6 is 0 Å². The molecule has 0 bridgehead atoms. The van der Waals surface area contributed by atoms with Gasteiger partial charge in [-0.2, -0.15) is 0 Å². The largest absolute Gasteiger partial charge is 0.481 e. The average molecular weight is 217 g/mol. The van der Waals surface area contributed by atoms with Crippen molar-refractivity contribution in [1.29, 1.82) is 0 Å². The average Bonchev–Trinajstić information content (AvgIpc) is 2.66. The molecule has 2 N–H and O–H groups in total. The molecular weight excluding hydrogens is 201 g/mol. The molecule has 1 aliphatic heterocycles. The number of rotatable bonds is 5. The Morgan fingerprint density at radius 3 is 3.07 bits per heavy atom. The highest BCUT2D eigenvalue weighted by atomic mass is 19.1. The normalized spacial score (nSPS) is 24.3. The van der Waals surface area contributed by atoms with Crippen molar-refractivity contribution < 1.29 is 19.0 Å². The summed E-state index contributed by atoms with van der Waals surface area (Å²) in [5.41, 5.74) is 0.270. The predicted molar refractivity (Wildman–Crippen MR) is 53.2 cm³/mol. The molecule has 5 heteroatoms. The first-order chi connectivity index (χ1) is 7.16. The van der Waals surface area contributed by atoms with E-state index >= 15 is 0 Å². The number of nitrogens with one attached hydrogen (secondary N) is 1. The Labute approximate surface area is 88.1 Å². The molecule has 1 unspecified atom stereocenters. The smallest absolute Gasteiger partial charge is 0.313 e. The molecular formula is C10H16FNO3. The van der Waals surface area contributed by atoms with Crippen LogP contribution in [0.2, 0.25) is 0 Å². The van der Waals surface area contributed by atoms with E-state index in [1.807, 2.05) is 6.92 Å². The van der Waals surface area contributed by atoms with Crippen LogP contribution < -0.4 is 5.32 Å². The Bertz CT molecular complexity index is 265. The SMILES string of the molecule is CCCNCC(F)=C1COCC1C(=O)O. The van der Waals surface area contributed by atoms with Gasteiger partial charge in [0.1, 0.15) is 11.7 Å². The van der Waals surface area contributed by atoms with E-state index in [9.17, 15) is 9.18 Å². The van der Waals surface area contributed by atoms with Gasteiger partial charge in [-0.05, 0) is 13.0 Å². The lowest BCUT2D eigenvalue weighted by Gasteiger charge is -2.07. The molecule has 86 valence electrons. The third kappa shape index (κ3) is 3.28. The maximum atomic E-state index is 13.5. The number of halogens is 1.